The third-order valence-corrected chi connectivity index (χ3v) is 14.0. The number of allylic oxidation sites excluding steroid dienone is 1. The second-order valence-electron chi connectivity index (χ2n) is 16.0. The third kappa shape index (κ3) is 7.44. The number of carbonyl (C=O) groups is 1. The fraction of sp³-hybridized carbons (Fsp3) is 0.465. The minimum Gasteiger partial charge on any atom is -0.481 e. The van der Waals surface area contributed by atoms with Crippen LogP contribution in [0.5, 0.6) is 0 Å². The lowest BCUT2D eigenvalue weighted by atomic mass is 9.64. The first kappa shape index (κ1) is 40.2. The van der Waals surface area contributed by atoms with Gasteiger partial charge in [0, 0.05) is 31.0 Å². The van der Waals surface area contributed by atoms with Gasteiger partial charge in [-0.3, -0.25) is 13.9 Å². The van der Waals surface area contributed by atoms with E-state index in [-0.39, 0.29) is 28.4 Å². The maximum absolute atomic E-state index is 12.3. The molecule has 7 rings (SSSR count). The van der Waals surface area contributed by atoms with Gasteiger partial charge >= 0.3 is 5.97 Å². The molecule has 0 amide bonds. The molecule has 0 fully saturated rings. The highest BCUT2D eigenvalue weighted by atomic mass is 32.2. The molecular weight excluding hydrogens is 753 g/mol. The molecule has 3 aliphatic heterocycles. The molecule has 3 N–H and O–H groups in total. The van der Waals surface area contributed by atoms with Gasteiger partial charge in [0.1, 0.15) is 5.82 Å². The van der Waals surface area contributed by atoms with Gasteiger partial charge in [-0.2, -0.15) is 16.8 Å². The molecule has 0 radical (unpaired) electrons. The van der Waals surface area contributed by atoms with Crippen molar-refractivity contribution in [2.24, 2.45) is 0 Å². The molecule has 0 aromatic heterocycles. The molecule has 3 aromatic carbocycles. The lowest BCUT2D eigenvalue weighted by Gasteiger charge is -2.44. The first-order valence-corrected chi connectivity index (χ1v) is 22.6. The summed E-state index contributed by atoms with van der Waals surface area (Å²) in [6.45, 7) is 7.37. The minimum absolute atomic E-state index is 0.102. The van der Waals surface area contributed by atoms with Crippen molar-refractivity contribution in [1.82, 2.24) is 0 Å². The van der Waals surface area contributed by atoms with E-state index in [0.29, 0.717) is 30.5 Å². The highest BCUT2D eigenvalue weighted by Gasteiger charge is 2.45. The van der Waals surface area contributed by atoms with Gasteiger partial charge in [-0.25, -0.2) is 0 Å². The number of carboxylic acids is 1. The average Bonchev–Trinajstić information content (AvgIpc) is 3.45. The van der Waals surface area contributed by atoms with Crippen molar-refractivity contribution in [3.8, 4) is 0 Å². The Kier molecular flexibility index (Phi) is 11.0. The van der Waals surface area contributed by atoms with Gasteiger partial charge in [-0.15, -0.1) is 0 Å². The molecule has 11 nitrogen and oxygen atoms in total. The summed E-state index contributed by atoms with van der Waals surface area (Å²) >= 11 is 0. The minimum atomic E-state index is -4.43. The van der Waals surface area contributed by atoms with Gasteiger partial charge in [0.2, 0.25) is 0 Å². The number of unbranched alkanes of at least 4 members (excludes halogenated alkanes) is 3. The summed E-state index contributed by atoms with van der Waals surface area (Å²) in [5.41, 5.74) is 7.80. The lowest BCUT2D eigenvalue weighted by molar-refractivity contribution is -0.137. The standard InChI is InChI=1S/C43H52N2O9S2/c1-5-6-11-27(2)40-33-26-34-38(21-23-45-35-20-18-31(56(51,52)53)25-36(35)44(4)42(34)45)54-37(33)13-10-12-28-15-16-29-24-30(55(48,49)50)17-19-32(29)41(28)43(40,3)22-9-7-8-14-39(46)47/h15-20,24-26,37-38H,5-14,21-23H2,1-4H3,(H,46,47)(H,48,49,50)(H,51,52,53). The number of fused-ring (bicyclic) bond motifs is 8. The zero-order valence-corrected chi connectivity index (χ0v) is 34.2. The van der Waals surface area contributed by atoms with Crippen molar-refractivity contribution in [3.63, 3.8) is 0 Å². The fourth-order valence-electron chi connectivity index (χ4n) is 9.74. The maximum Gasteiger partial charge on any atom is 0.303 e. The number of hydrogen-bond acceptors (Lipinski definition) is 8. The van der Waals surface area contributed by atoms with E-state index < -0.39 is 31.6 Å². The molecule has 0 saturated heterocycles. The highest BCUT2D eigenvalue weighted by Crippen LogP contribution is 2.53. The topological polar surface area (TPSA) is 162 Å². The van der Waals surface area contributed by atoms with E-state index in [9.17, 15) is 35.8 Å². The van der Waals surface area contributed by atoms with Crippen LogP contribution in [-0.2, 0) is 41.6 Å². The SMILES string of the molecule is CCCCC(C)=C1C2=CC3=C4N(C)c5cc(S(=O)(=O)O)ccc5N4CCC3OC2CCCc2ccc3cc(S(=O)(=O)O)ccc3c2C1(C)CCCCCC(=O)O. The van der Waals surface area contributed by atoms with Crippen molar-refractivity contribution in [2.45, 2.75) is 125 Å². The summed E-state index contributed by atoms with van der Waals surface area (Å²) in [6, 6.07) is 13.6. The molecule has 0 bridgehead atoms. The van der Waals surface area contributed by atoms with E-state index in [0.717, 1.165) is 91.4 Å². The quantitative estimate of drug-likeness (QED) is 0.126. The molecule has 13 heteroatoms. The number of nitrogens with zero attached hydrogens (tertiary/aromatic N) is 2. The Morgan fingerprint density at radius 2 is 1.62 bits per heavy atom. The second kappa shape index (κ2) is 15.4. The van der Waals surface area contributed by atoms with E-state index in [1.165, 1.54) is 34.9 Å². The fourth-order valence-corrected chi connectivity index (χ4v) is 10.8. The summed E-state index contributed by atoms with van der Waals surface area (Å²) in [5, 5.41) is 11.0. The van der Waals surface area contributed by atoms with Gasteiger partial charge in [0.05, 0.1) is 33.4 Å². The molecule has 3 atom stereocenters. The molecule has 300 valence electrons. The molecule has 3 unspecified atom stereocenters. The largest absolute Gasteiger partial charge is 0.481 e. The van der Waals surface area contributed by atoms with Crippen molar-refractivity contribution in [3.05, 3.63) is 93.8 Å². The van der Waals surface area contributed by atoms with Crippen molar-refractivity contribution in [2.75, 3.05) is 23.4 Å². The Bertz CT molecular complexity index is 2400. The smallest absolute Gasteiger partial charge is 0.303 e. The van der Waals surface area contributed by atoms with Crippen molar-refractivity contribution >= 4 is 48.4 Å². The summed E-state index contributed by atoms with van der Waals surface area (Å²) in [5.74, 6) is 0.103. The molecular formula is C43H52N2O9S2. The molecule has 56 heavy (non-hydrogen) atoms. The van der Waals surface area contributed by atoms with Crippen molar-refractivity contribution in [1.29, 1.82) is 0 Å². The normalized spacial score (nSPS) is 23.3. The number of carboxylic acid groups (broad SMARTS) is 1. The number of ether oxygens (including phenoxy) is 1. The van der Waals surface area contributed by atoms with Gasteiger partial charge < -0.3 is 19.6 Å². The molecule has 4 aliphatic rings. The molecule has 0 spiro atoms. The summed E-state index contributed by atoms with van der Waals surface area (Å²) < 4.78 is 75.9. The van der Waals surface area contributed by atoms with Crippen LogP contribution in [0.4, 0.5) is 11.4 Å². The van der Waals surface area contributed by atoms with Crippen molar-refractivity contribution < 1.29 is 40.6 Å². The van der Waals surface area contributed by atoms with Gasteiger partial charge in [0.15, 0.2) is 0 Å². The number of anilines is 2. The van der Waals surface area contributed by atoms with E-state index in [1.54, 1.807) is 12.1 Å². The molecule has 0 saturated carbocycles. The summed E-state index contributed by atoms with van der Waals surface area (Å²) in [7, 11) is -6.93. The third-order valence-electron chi connectivity index (χ3n) is 12.3. The van der Waals surface area contributed by atoms with Crippen LogP contribution < -0.4 is 9.80 Å². The van der Waals surface area contributed by atoms with Gasteiger partial charge in [-0.05, 0) is 128 Å². The predicted octanol–water partition coefficient (Wildman–Crippen LogP) is 8.73. The monoisotopic (exact) mass is 804 g/mol. The summed E-state index contributed by atoms with van der Waals surface area (Å²) in [4.78, 5) is 15.3. The van der Waals surface area contributed by atoms with Crippen LogP contribution in [0.3, 0.4) is 0 Å². The van der Waals surface area contributed by atoms with Gasteiger partial charge in [0.25, 0.3) is 20.2 Å². The number of hydrogen-bond donors (Lipinski definition) is 3. The Morgan fingerprint density at radius 1 is 0.893 bits per heavy atom. The zero-order valence-electron chi connectivity index (χ0n) is 32.5. The maximum atomic E-state index is 12.3. The second-order valence-corrected chi connectivity index (χ2v) is 18.9. The van der Waals surface area contributed by atoms with Crippen LogP contribution in [-0.4, -0.2) is 62.8 Å². The van der Waals surface area contributed by atoms with Crippen LogP contribution in [0.1, 0.15) is 103 Å². The van der Waals surface area contributed by atoms with Crippen LogP contribution in [0.2, 0.25) is 0 Å². The Balaban J connectivity index is 1.47. The molecule has 1 aliphatic carbocycles. The van der Waals surface area contributed by atoms with E-state index in [2.05, 4.69) is 37.8 Å². The van der Waals surface area contributed by atoms with Gasteiger partial charge in [-0.1, -0.05) is 56.9 Å². The lowest BCUT2D eigenvalue weighted by Crippen LogP contribution is -2.43. The Hall–Kier alpha value is -4.01. The predicted molar refractivity (Wildman–Crippen MR) is 217 cm³/mol. The Morgan fingerprint density at radius 3 is 2.34 bits per heavy atom. The molecule has 3 heterocycles. The zero-order chi connectivity index (χ0) is 40.2. The van der Waals surface area contributed by atoms with Crippen LogP contribution in [0.25, 0.3) is 10.8 Å². The number of aliphatic carboxylic acids is 1. The summed E-state index contributed by atoms with van der Waals surface area (Å²) in [6.07, 6.45) is 10.9. The highest BCUT2D eigenvalue weighted by molar-refractivity contribution is 7.86. The number of aryl methyl sites for hydroxylation is 1. The van der Waals surface area contributed by atoms with E-state index in [4.69, 9.17) is 4.74 Å². The number of rotatable bonds is 11. The first-order chi connectivity index (χ1) is 26.5. The van der Waals surface area contributed by atoms with Crippen LogP contribution >= 0.6 is 0 Å². The number of benzene rings is 3. The molecule has 3 aromatic rings. The van der Waals surface area contributed by atoms with Crippen LogP contribution in [0, 0.1) is 0 Å². The van der Waals surface area contributed by atoms with E-state index in [1.807, 2.05) is 24.1 Å². The average molecular weight is 805 g/mol. The van der Waals surface area contributed by atoms with Crippen LogP contribution in [0.15, 0.2) is 92.5 Å². The Labute approximate surface area is 330 Å². The first-order valence-electron chi connectivity index (χ1n) is 19.7. The van der Waals surface area contributed by atoms with E-state index >= 15 is 0 Å².